The molecule has 103 heavy (non-hydrogen) atoms. The molecule has 2 aliphatic heterocycles. The maximum atomic E-state index is 15.6. The predicted octanol–water partition coefficient (Wildman–Crippen LogP) is 5.84. The first-order valence-corrected chi connectivity index (χ1v) is 39.3. The highest BCUT2D eigenvalue weighted by Gasteiger charge is 2.47. The summed E-state index contributed by atoms with van der Waals surface area (Å²) in [5.41, 5.74) is 0. The minimum Gasteiger partial charge on any atom is -0.390 e. The Morgan fingerprint density at radius 3 is 1.39 bits per heavy atom. The zero-order valence-electron chi connectivity index (χ0n) is 67.6. The third kappa shape index (κ3) is 29.0. The van der Waals surface area contributed by atoms with Crippen molar-refractivity contribution in [3.8, 4) is 0 Å². The van der Waals surface area contributed by atoms with Crippen LogP contribution in [0.3, 0.4) is 0 Å². The van der Waals surface area contributed by atoms with Gasteiger partial charge in [0, 0.05) is 74.6 Å². The molecule has 2 heterocycles. The van der Waals surface area contributed by atoms with Gasteiger partial charge in [0.2, 0.25) is 65.0 Å². The Kier molecular flexibility index (Phi) is 41.2. The van der Waals surface area contributed by atoms with Gasteiger partial charge in [-0.2, -0.15) is 11.8 Å². The Balaban J connectivity index is 3.09. The van der Waals surface area contributed by atoms with Crippen LogP contribution in [0.1, 0.15) is 208 Å². The zero-order chi connectivity index (χ0) is 78.6. The minimum absolute atomic E-state index is 0.00229. The molecule has 13 atom stereocenters. The maximum Gasteiger partial charge on any atom is 0.246 e. The SMILES string of the molecule is CC[C@@H]1NC(=O)[C@H]([C@H](O)[C@H](C)CCCCCCCCC(C)=O)N(C)C(=O)[C@H](C(C)C)N(C)C(=O)[C@H](CC(C)C)N(C)C(=O)[C@H](CC(C)C)N(C)C(=O)[C@@H](C)NC(=O)[C@H](C)NC(=O)[C@H](CC(C)C)N(C)C(=O)[C@H](C(C)C)NC(=O)[C@H](CC(C)C)N(C)C(=O)[C@@H](CSCCCN2CCOCC2)N(C)C1=O. The first kappa shape index (κ1) is 93.2. The lowest BCUT2D eigenvalue weighted by Crippen LogP contribution is -2.64. The average Bonchev–Trinajstić information content (AvgIpc) is 0.813. The Labute approximate surface area is 622 Å². The summed E-state index contributed by atoms with van der Waals surface area (Å²) in [6.45, 7) is 33.6. The molecule has 0 spiro atoms. The number of aliphatic hydroxyl groups is 1. The molecule has 0 radical (unpaired) electrons. The van der Waals surface area contributed by atoms with Crippen molar-refractivity contribution < 1.29 is 67.4 Å². The number of hydrogen-bond acceptors (Lipinski definition) is 16. The molecule has 26 nitrogen and oxygen atoms in total. The smallest absolute Gasteiger partial charge is 0.246 e. The van der Waals surface area contributed by atoms with Crippen molar-refractivity contribution in [1.82, 2.24) is 60.5 Å². The molecule has 0 aromatic heterocycles. The van der Waals surface area contributed by atoms with Crippen molar-refractivity contribution >= 4 is 82.5 Å². The largest absolute Gasteiger partial charge is 0.390 e. The molecule has 11 amide bonds. The summed E-state index contributed by atoms with van der Waals surface area (Å²) < 4.78 is 5.56. The lowest BCUT2D eigenvalue weighted by Gasteiger charge is -2.41. The Morgan fingerprint density at radius 2 is 0.893 bits per heavy atom. The molecule has 0 bridgehead atoms. The summed E-state index contributed by atoms with van der Waals surface area (Å²) in [5.74, 6) is -8.93. The van der Waals surface area contributed by atoms with E-state index in [0.717, 1.165) is 63.1 Å². The van der Waals surface area contributed by atoms with Crippen molar-refractivity contribution in [2.45, 2.75) is 280 Å². The zero-order valence-corrected chi connectivity index (χ0v) is 68.4. The molecule has 0 unspecified atom stereocenters. The van der Waals surface area contributed by atoms with E-state index in [1.165, 1.54) is 104 Å². The molecular weight excluding hydrogens is 1340 g/mol. The summed E-state index contributed by atoms with van der Waals surface area (Å²) in [6, 6.07) is -13.8. The third-order valence-electron chi connectivity index (χ3n) is 20.2. The molecular formula is C76H138N12O14S. The average molecular weight is 1480 g/mol. The molecule has 2 rings (SSSR count). The van der Waals surface area contributed by atoms with Crippen LogP contribution in [-0.2, 0) is 62.3 Å². The number of Topliss-reactive ketones (excluding diaryl/α,β-unsaturated/α-hetero) is 1. The second-order valence-corrected chi connectivity index (χ2v) is 32.9. The van der Waals surface area contributed by atoms with Crippen molar-refractivity contribution in [3.05, 3.63) is 0 Å². The highest BCUT2D eigenvalue weighted by atomic mass is 32.2. The topological polar surface area (TPSA) is 308 Å². The number of likely N-dealkylation sites (N-methyl/N-ethyl adjacent to an activating group) is 7. The Hall–Kier alpha value is -5.93. The summed E-state index contributed by atoms with van der Waals surface area (Å²) in [5, 5.41) is 23.9. The van der Waals surface area contributed by atoms with Crippen LogP contribution in [0.25, 0.3) is 0 Å². The number of ether oxygens (including phenoxy) is 1. The van der Waals surface area contributed by atoms with Gasteiger partial charge >= 0.3 is 0 Å². The summed E-state index contributed by atoms with van der Waals surface area (Å²) in [4.78, 5) is 188. The molecule has 2 fully saturated rings. The fourth-order valence-electron chi connectivity index (χ4n) is 13.6. The summed E-state index contributed by atoms with van der Waals surface area (Å²) >= 11 is 1.46. The van der Waals surface area contributed by atoms with Crippen LogP contribution in [-0.4, -0.2) is 281 Å². The molecule has 0 aromatic carbocycles. The number of nitrogens with one attached hydrogen (secondary N) is 4. The third-order valence-corrected chi connectivity index (χ3v) is 21.3. The van der Waals surface area contributed by atoms with Crippen molar-refractivity contribution in [3.63, 3.8) is 0 Å². The number of morpholine rings is 1. The van der Waals surface area contributed by atoms with Crippen molar-refractivity contribution in [1.29, 1.82) is 0 Å². The number of aliphatic hydroxyl groups excluding tert-OH is 1. The molecule has 0 aliphatic carbocycles. The number of rotatable bonds is 28. The van der Waals surface area contributed by atoms with Crippen LogP contribution in [0.2, 0.25) is 0 Å². The van der Waals surface area contributed by atoms with E-state index in [0.29, 0.717) is 38.2 Å². The van der Waals surface area contributed by atoms with E-state index in [2.05, 4.69) is 26.2 Å². The second kappa shape index (κ2) is 45.5. The molecule has 592 valence electrons. The standard InChI is InChI=1S/C76H138N12O14S/c1-25-56-71(96)85(22)61(45-103-40-32-35-88-36-38-102-39-37-88)74(99)81(18)58(42-47(4)5)68(93)80-62(50(10)11)75(100)82(19)57(41-46(2)3)67(92)77-54(16)66(91)78-55(17)70(95)83(20)59(43-48(6)7)72(97)84(21)60(44-49(8)9)73(98)86(23)63(51(12)13)76(101)87(24)64(69(94)79-56)65(90)52(14)33-30-28-26-27-29-31-34-53(15)89/h46-52,54-65,90H,25-45H2,1-24H3,(H,77,92)(H,78,91)(H,79,94)(H,80,93)/t52-,54+,55-,56+,57+,58+,59+,60+,61-,62+,63+,64+,65-/m1/s1. The van der Waals surface area contributed by atoms with Crippen LogP contribution < -0.4 is 21.3 Å². The van der Waals surface area contributed by atoms with Gasteiger partial charge < -0.3 is 70.2 Å². The van der Waals surface area contributed by atoms with Crippen LogP contribution in [0.4, 0.5) is 0 Å². The van der Waals surface area contributed by atoms with Crippen molar-refractivity contribution in [2.75, 3.05) is 93.7 Å². The fourth-order valence-corrected chi connectivity index (χ4v) is 14.7. The molecule has 2 saturated heterocycles. The van der Waals surface area contributed by atoms with Gasteiger partial charge in [0.1, 0.15) is 72.2 Å². The van der Waals surface area contributed by atoms with Gasteiger partial charge in [-0.15, -0.1) is 0 Å². The van der Waals surface area contributed by atoms with Gasteiger partial charge in [-0.1, -0.05) is 129 Å². The number of amides is 11. The quantitative estimate of drug-likeness (QED) is 0.0575. The van der Waals surface area contributed by atoms with E-state index in [9.17, 15) is 29.1 Å². The number of hydrogen-bond donors (Lipinski definition) is 5. The molecule has 0 aromatic rings. The van der Waals surface area contributed by atoms with Crippen LogP contribution in [0, 0.1) is 41.4 Å². The van der Waals surface area contributed by atoms with E-state index >= 15 is 33.6 Å². The van der Waals surface area contributed by atoms with Gasteiger partial charge in [0.25, 0.3) is 0 Å². The molecule has 27 heteroatoms. The maximum absolute atomic E-state index is 15.6. The summed E-state index contributed by atoms with van der Waals surface area (Å²) in [6.07, 6.45) is 5.76. The monoisotopic (exact) mass is 1480 g/mol. The van der Waals surface area contributed by atoms with Gasteiger partial charge in [-0.25, -0.2) is 0 Å². The lowest BCUT2D eigenvalue weighted by molar-refractivity contribution is -0.157. The van der Waals surface area contributed by atoms with Gasteiger partial charge in [0.05, 0.1) is 19.3 Å². The first-order valence-electron chi connectivity index (χ1n) is 38.2. The number of carbonyl (C=O) groups is 12. The molecule has 5 N–H and O–H groups in total. The van der Waals surface area contributed by atoms with E-state index in [1.54, 1.807) is 48.5 Å². The number of carbonyl (C=O) groups excluding carboxylic acids is 12. The van der Waals surface area contributed by atoms with Crippen LogP contribution in [0.15, 0.2) is 0 Å². The van der Waals surface area contributed by atoms with Gasteiger partial charge in [0.15, 0.2) is 0 Å². The fraction of sp³-hybridized carbons (Fsp3) is 0.842. The lowest BCUT2D eigenvalue weighted by atomic mass is 9.90. The second-order valence-electron chi connectivity index (χ2n) is 31.7. The van der Waals surface area contributed by atoms with E-state index in [4.69, 9.17) is 4.74 Å². The molecule has 2 aliphatic rings. The van der Waals surface area contributed by atoms with Gasteiger partial charge in [-0.05, 0) is 126 Å². The predicted molar refractivity (Wildman–Crippen MR) is 405 cm³/mol. The van der Waals surface area contributed by atoms with E-state index in [-0.39, 0.29) is 67.3 Å². The highest BCUT2D eigenvalue weighted by molar-refractivity contribution is 7.99. The number of unbranched alkanes of at least 4 members (excludes halogenated alkanes) is 5. The number of nitrogens with zero attached hydrogens (tertiary/aromatic N) is 8. The highest BCUT2D eigenvalue weighted by Crippen LogP contribution is 2.28. The minimum atomic E-state index is -1.64. The van der Waals surface area contributed by atoms with Crippen LogP contribution >= 0.6 is 11.8 Å². The van der Waals surface area contributed by atoms with Gasteiger partial charge in [-0.3, -0.25) is 57.6 Å². The summed E-state index contributed by atoms with van der Waals surface area (Å²) in [7, 11) is 10.2. The number of ketones is 1. The van der Waals surface area contributed by atoms with Crippen LogP contribution in [0.5, 0.6) is 0 Å². The Bertz CT molecular complexity index is 2750. The molecule has 0 saturated carbocycles. The Morgan fingerprint density at radius 1 is 0.466 bits per heavy atom. The van der Waals surface area contributed by atoms with E-state index in [1.807, 2.05) is 55.4 Å². The first-order chi connectivity index (χ1) is 48.0. The van der Waals surface area contributed by atoms with Crippen molar-refractivity contribution in [2.24, 2.45) is 41.4 Å². The normalized spacial score (nSPS) is 26.0. The number of thioether (sulfide) groups is 1. The van der Waals surface area contributed by atoms with E-state index < -0.39 is 155 Å².